The number of aromatic nitrogens is 1. The normalized spacial score (nSPS) is 11.3. The van der Waals surface area contributed by atoms with Gasteiger partial charge in [-0.1, -0.05) is 0 Å². The summed E-state index contributed by atoms with van der Waals surface area (Å²) >= 11 is 3.25. The lowest BCUT2D eigenvalue weighted by atomic mass is 10.2. The third-order valence-corrected chi connectivity index (χ3v) is 2.89. The number of carbonyl (C=O) groups excluding carboxylic acids is 2. The van der Waals surface area contributed by atoms with Crippen LogP contribution >= 0.6 is 15.9 Å². The fourth-order valence-corrected chi connectivity index (χ4v) is 1.59. The van der Waals surface area contributed by atoms with Crippen molar-refractivity contribution >= 4 is 28.3 Å². The molecule has 0 saturated heterocycles. The van der Waals surface area contributed by atoms with Crippen LogP contribution in [0, 0.1) is 6.92 Å². The molecule has 1 aromatic heterocycles. The molecule has 0 aromatic carbocycles. The summed E-state index contributed by atoms with van der Waals surface area (Å²) in [6.45, 7) is 7.13. The lowest BCUT2D eigenvalue weighted by Gasteiger charge is -2.19. The van der Waals surface area contributed by atoms with Crippen LogP contribution in [0.1, 0.15) is 36.8 Å². The van der Waals surface area contributed by atoms with Crippen molar-refractivity contribution in [3.8, 4) is 0 Å². The molecule has 0 aliphatic carbocycles. The molecule has 0 bridgehead atoms. The minimum atomic E-state index is -0.581. The van der Waals surface area contributed by atoms with Crippen LogP contribution in [-0.4, -0.2) is 22.5 Å². The van der Waals surface area contributed by atoms with E-state index in [1.165, 1.54) is 4.57 Å². The molecule has 0 N–H and O–H groups in total. The topological polar surface area (TPSA) is 48.3 Å². The maximum atomic E-state index is 11.8. The van der Waals surface area contributed by atoms with Crippen molar-refractivity contribution in [2.24, 2.45) is 0 Å². The summed E-state index contributed by atoms with van der Waals surface area (Å²) in [5.41, 5.74) is 0.502. The maximum Gasteiger partial charge on any atom is 0.419 e. The predicted molar refractivity (Wildman–Crippen MR) is 63.9 cm³/mol. The lowest BCUT2D eigenvalue weighted by Crippen LogP contribution is -2.27. The average molecular weight is 288 g/mol. The number of halogens is 1. The van der Waals surface area contributed by atoms with E-state index in [9.17, 15) is 9.59 Å². The molecule has 16 heavy (non-hydrogen) atoms. The Morgan fingerprint density at radius 1 is 1.50 bits per heavy atom. The van der Waals surface area contributed by atoms with Gasteiger partial charge in [0.15, 0.2) is 6.29 Å². The second-order valence-electron chi connectivity index (χ2n) is 4.48. The third-order valence-electron chi connectivity index (χ3n) is 1.86. The van der Waals surface area contributed by atoms with Crippen molar-refractivity contribution < 1.29 is 14.3 Å². The number of nitrogens with zero attached hydrogens (tertiary/aromatic N) is 1. The molecule has 1 rings (SSSR count). The van der Waals surface area contributed by atoms with E-state index in [0.29, 0.717) is 10.8 Å². The Kier molecular flexibility index (Phi) is 3.57. The number of rotatable bonds is 1. The predicted octanol–water partition coefficient (Wildman–Crippen LogP) is 3.15. The number of aldehydes is 1. The van der Waals surface area contributed by atoms with Gasteiger partial charge >= 0.3 is 6.09 Å². The largest absolute Gasteiger partial charge is 0.443 e. The van der Waals surface area contributed by atoms with Crippen molar-refractivity contribution in [2.75, 3.05) is 0 Å². The molecule has 0 unspecified atom stereocenters. The lowest BCUT2D eigenvalue weighted by molar-refractivity contribution is 0.0531. The first-order valence-corrected chi connectivity index (χ1v) is 5.61. The molecule has 1 heterocycles. The van der Waals surface area contributed by atoms with Gasteiger partial charge in [0, 0.05) is 10.7 Å². The molecule has 0 spiro atoms. The van der Waals surface area contributed by atoms with E-state index < -0.39 is 11.7 Å². The summed E-state index contributed by atoms with van der Waals surface area (Å²) in [6.07, 6.45) is 1.64. The number of aryl methyl sites for hydroxylation is 1. The molecule has 1 aromatic rings. The summed E-state index contributed by atoms with van der Waals surface area (Å²) in [5, 5.41) is 0. The first kappa shape index (κ1) is 13.0. The van der Waals surface area contributed by atoms with Crippen LogP contribution in [0.4, 0.5) is 4.79 Å². The second-order valence-corrected chi connectivity index (χ2v) is 5.27. The Morgan fingerprint density at radius 2 is 2.06 bits per heavy atom. The number of hydrogen-bond donors (Lipinski definition) is 0. The van der Waals surface area contributed by atoms with Crippen LogP contribution in [0.2, 0.25) is 0 Å². The van der Waals surface area contributed by atoms with E-state index in [0.717, 1.165) is 5.56 Å². The van der Waals surface area contributed by atoms with E-state index in [1.807, 2.05) is 0 Å². The Hall–Kier alpha value is -1.10. The molecular weight excluding hydrogens is 274 g/mol. The molecule has 0 amide bonds. The van der Waals surface area contributed by atoms with E-state index in [4.69, 9.17) is 4.74 Å². The number of hydrogen-bond acceptors (Lipinski definition) is 3. The Bertz CT molecular complexity index is 429. The minimum Gasteiger partial charge on any atom is -0.443 e. The Labute approximate surface area is 103 Å². The number of ether oxygens (including phenoxy) is 1. The summed E-state index contributed by atoms with van der Waals surface area (Å²) in [6, 6.07) is 0. The van der Waals surface area contributed by atoms with Gasteiger partial charge in [0.2, 0.25) is 0 Å². The molecule has 0 fully saturated rings. The summed E-state index contributed by atoms with van der Waals surface area (Å²) in [7, 11) is 0. The highest BCUT2D eigenvalue weighted by molar-refractivity contribution is 9.10. The maximum absolute atomic E-state index is 11.8. The molecule has 88 valence electrons. The van der Waals surface area contributed by atoms with Crippen molar-refractivity contribution in [1.82, 2.24) is 4.57 Å². The SMILES string of the molecule is Cc1cn(C(=O)OC(C)(C)C)c(C=O)c1Br. The summed E-state index contributed by atoms with van der Waals surface area (Å²) in [4.78, 5) is 22.6. The van der Waals surface area contributed by atoms with Crippen LogP contribution in [0.25, 0.3) is 0 Å². The molecule has 4 nitrogen and oxygen atoms in total. The molecular formula is C11H14BrNO3. The zero-order valence-corrected chi connectivity index (χ0v) is 11.3. The van der Waals surface area contributed by atoms with E-state index in [-0.39, 0.29) is 5.69 Å². The van der Waals surface area contributed by atoms with Crippen LogP contribution < -0.4 is 0 Å². The minimum absolute atomic E-state index is 0.270. The Morgan fingerprint density at radius 3 is 2.50 bits per heavy atom. The van der Waals surface area contributed by atoms with Gasteiger partial charge in [-0.05, 0) is 49.2 Å². The van der Waals surface area contributed by atoms with Gasteiger partial charge in [-0.2, -0.15) is 0 Å². The van der Waals surface area contributed by atoms with Gasteiger partial charge in [0.25, 0.3) is 0 Å². The standard InChI is InChI=1S/C11H14BrNO3/c1-7-5-13(8(6-14)9(7)12)10(15)16-11(2,3)4/h5-6H,1-4H3. The molecule has 0 aliphatic heterocycles. The zero-order chi connectivity index (χ0) is 12.5. The van der Waals surface area contributed by atoms with E-state index in [2.05, 4.69) is 15.9 Å². The molecule has 0 saturated carbocycles. The Balaban J connectivity index is 3.09. The van der Waals surface area contributed by atoms with Gasteiger partial charge in [0.05, 0.1) is 0 Å². The van der Waals surface area contributed by atoms with Gasteiger partial charge in [-0.15, -0.1) is 0 Å². The highest BCUT2D eigenvalue weighted by atomic mass is 79.9. The zero-order valence-electron chi connectivity index (χ0n) is 9.70. The van der Waals surface area contributed by atoms with Gasteiger partial charge < -0.3 is 4.74 Å². The molecule has 0 atom stereocenters. The van der Waals surface area contributed by atoms with Crippen LogP contribution in [-0.2, 0) is 4.74 Å². The summed E-state index contributed by atoms with van der Waals surface area (Å²) < 4.78 is 7.00. The summed E-state index contributed by atoms with van der Waals surface area (Å²) in [5.74, 6) is 0. The van der Waals surface area contributed by atoms with Gasteiger partial charge in [-0.3, -0.25) is 4.79 Å². The monoisotopic (exact) mass is 287 g/mol. The average Bonchev–Trinajstić information content (AvgIpc) is 2.40. The molecule has 0 aliphatic rings. The number of carbonyl (C=O) groups is 2. The fraction of sp³-hybridized carbons (Fsp3) is 0.455. The second kappa shape index (κ2) is 4.41. The van der Waals surface area contributed by atoms with Gasteiger partial charge in [-0.25, -0.2) is 9.36 Å². The van der Waals surface area contributed by atoms with Crippen molar-refractivity contribution in [3.63, 3.8) is 0 Å². The van der Waals surface area contributed by atoms with Crippen LogP contribution in [0.15, 0.2) is 10.7 Å². The fourth-order valence-electron chi connectivity index (χ4n) is 1.20. The van der Waals surface area contributed by atoms with Crippen molar-refractivity contribution in [3.05, 3.63) is 21.9 Å². The van der Waals surface area contributed by atoms with Crippen LogP contribution in [0.5, 0.6) is 0 Å². The third kappa shape index (κ3) is 2.72. The van der Waals surface area contributed by atoms with Crippen molar-refractivity contribution in [1.29, 1.82) is 0 Å². The quantitative estimate of drug-likeness (QED) is 0.746. The molecule has 0 radical (unpaired) electrons. The highest BCUT2D eigenvalue weighted by Crippen LogP contribution is 2.23. The van der Waals surface area contributed by atoms with Crippen molar-refractivity contribution in [2.45, 2.75) is 33.3 Å². The first-order valence-electron chi connectivity index (χ1n) is 4.82. The first-order chi connectivity index (χ1) is 7.26. The van der Waals surface area contributed by atoms with Crippen LogP contribution in [0.3, 0.4) is 0 Å². The van der Waals surface area contributed by atoms with E-state index in [1.54, 1.807) is 33.9 Å². The van der Waals surface area contributed by atoms with E-state index >= 15 is 0 Å². The smallest absolute Gasteiger partial charge is 0.419 e. The molecule has 5 heteroatoms. The highest BCUT2D eigenvalue weighted by Gasteiger charge is 2.21. The van der Waals surface area contributed by atoms with Gasteiger partial charge in [0.1, 0.15) is 11.3 Å².